The monoisotopic (exact) mass is 428 g/mol. The van der Waals surface area contributed by atoms with Gasteiger partial charge in [0, 0.05) is 37.8 Å². The SMILES string of the molecule is O=[N+]([O-])c1ccccc1S(=O)(=O)N1CCN(Cc2ncc(-c3ccccc3)o2)CC1. The van der Waals surface area contributed by atoms with Crippen molar-refractivity contribution in [2.45, 2.75) is 11.4 Å². The number of sulfonamides is 1. The lowest BCUT2D eigenvalue weighted by Gasteiger charge is -2.33. The van der Waals surface area contributed by atoms with Gasteiger partial charge in [-0.25, -0.2) is 13.4 Å². The Labute approximate surface area is 173 Å². The van der Waals surface area contributed by atoms with Crippen LogP contribution in [0.25, 0.3) is 11.3 Å². The van der Waals surface area contributed by atoms with Gasteiger partial charge in [-0.3, -0.25) is 15.0 Å². The zero-order chi connectivity index (χ0) is 21.1. The van der Waals surface area contributed by atoms with Crippen molar-refractivity contribution in [3.05, 3.63) is 76.8 Å². The van der Waals surface area contributed by atoms with Crippen molar-refractivity contribution in [3.8, 4) is 11.3 Å². The summed E-state index contributed by atoms with van der Waals surface area (Å²) in [7, 11) is -3.94. The first-order chi connectivity index (χ1) is 14.4. The van der Waals surface area contributed by atoms with Gasteiger partial charge < -0.3 is 4.42 Å². The number of nitro groups is 1. The molecule has 4 rings (SSSR count). The van der Waals surface area contributed by atoms with Crippen LogP contribution in [0.1, 0.15) is 5.89 Å². The summed E-state index contributed by atoms with van der Waals surface area (Å²) < 4.78 is 32.9. The first-order valence-electron chi connectivity index (χ1n) is 9.41. The van der Waals surface area contributed by atoms with Crippen LogP contribution in [0.4, 0.5) is 5.69 Å². The zero-order valence-electron chi connectivity index (χ0n) is 16.0. The fourth-order valence-corrected chi connectivity index (χ4v) is 4.98. The Kier molecular flexibility index (Phi) is 5.62. The molecule has 2 aromatic carbocycles. The molecule has 0 atom stereocenters. The molecule has 1 fully saturated rings. The summed E-state index contributed by atoms with van der Waals surface area (Å²) in [5, 5.41) is 11.2. The molecule has 0 spiro atoms. The van der Waals surface area contributed by atoms with Gasteiger partial charge in [0.2, 0.25) is 15.9 Å². The van der Waals surface area contributed by atoms with E-state index in [9.17, 15) is 18.5 Å². The maximum atomic E-state index is 12.9. The number of hydrogen-bond donors (Lipinski definition) is 0. The molecule has 0 saturated carbocycles. The van der Waals surface area contributed by atoms with E-state index in [1.54, 1.807) is 6.20 Å². The zero-order valence-corrected chi connectivity index (χ0v) is 16.9. The molecule has 0 radical (unpaired) electrons. The van der Waals surface area contributed by atoms with Gasteiger partial charge in [-0.2, -0.15) is 4.31 Å². The smallest absolute Gasteiger partial charge is 0.289 e. The molecule has 10 heteroatoms. The molecule has 9 nitrogen and oxygen atoms in total. The molecule has 1 aliphatic heterocycles. The summed E-state index contributed by atoms with van der Waals surface area (Å²) >= 11 is 0. The second kappa shape index (κ2) is 8.34. The van der Waals surface area contributed by atoms with Gasteiger partial charge in [-0.15, -0.1) is 0 Å². The number of nitro benzene ring substituents is 1. The molecule has 0 aliphatic carbocycles. The van der Waals surface area contributed by atoms with Gasteiger partial charge in [0.15, 0.2) is 10.7 Å². The molecule has 1 aromatic heterocycles. The molecule has 0 amide bonds. The molecule has 156 valence electrons. The standard InChI is InChI=1S/C20H20N4O5S/c25-24(26)17-8-4-5-9-19(17)30(27,28)23-12-10-22(11-13-23)15-20-21-14-18(29-20)16-6-2-1-3-7-16/h1-9,14H,10-13,15H2. The van der Waals surface area contributed by atoms with E-state index in [1.165, 1.54) is 28.6 Å². The number of benzene rings is 2. The summed E-state index contributed by atoms with van der Waals surface area (Å²) in [6, 6.07) is 15.1. The first kappa shape index (κ1) is 20.2. The Morgan fingerprint density at radius 2 is 1.67 bits per heavy atom. The number of nitrogens with zero attached hydrogens (tertiary/aromatic N) is 4. The highest BCUT2D eigenvalue weighted by Gasteiger charge is 2.33. The van der Waals surface area contributed by atoms with Gasteiger partial charge in [-0.1, -0.05) is 42.5 Å². The lowest BCUT2D eigenvalue weighted by atomic mass is 10.2. The number of piperazine rings is 1. The third-order valence-corrected chi connectivity index (χ3v) is 6.93. The topological polar surface area (TPSA) is 110 Å². The Morgan fingerprint density at radius 1 is 1.00 bits per heavy atom. The summed E-state index contributed by atoms with van der Waals surface area (Å²) in [5.41, 5.74) is 0.532. The second-order valence-corrected chi connectivity index (χ2v) is 8.80. The van der Waals surface area contributed by atoms with Gasteiger partial charge in [0.25, 0.3) is 5.69 Å². The van der Waals surface area contributed by atoms with Crippen LogP contribution < -0.4 is 0 Å². The fraction of sp³-hybridized carbons (Fsp3) is 0.250. The minimum Gasteiger partial charge on any atom is -0.439 e. The van der Waals surface area contributed by atoms with Crippen molar-refractivity contribution < 1.29 is 17.8 Å². The van der Waals surface area contributed by atoms with Crippen LogP contribution in [0.15, 0.2) is 70.1 Å². The number of aromatic nitrogens is 1. The highest BCUT2D eigenvalue weighted by molar-refractivity contribution is 7.89. The Morgan fingerprint density at radius 3 is 2.37 bits per heavy atom. The van der Waals surface area contributed by atoms with Gasteiger partial charge in [0.1, 0.15) is 0 Å². The van der Waals surface area contributed by atoms with E-state index in [-0.39, 0.29) is 18.0 Å². The van der Waals surface area contributed by atoms with E-state index in [2.05, 4.69) is 4.98 Å². The van der Waals surface area contributed by atoms with Crippen LogP contribution in [0.2, 0.25) is 0 Å². The van der Waals surface area contributed by atoms with Crippen LogP contribution in [0.5, 0.6) is 0 Å². The van der Waals surface area contributed by atoms with Crippen LogP contribution in [0.3, 0.4) is 0 Å². The summed E-state index contributed by atoms with van der Waals surface area (Å²) in [6.07, 6.45) is 1.68. The van der Waals surface area contributed by atoms with E-state index < -0.39 is 20.6 Å². The van der Waals surface area contributed by atoms with Gasteiger partial charge >= 0.3 is 0 Å². The molecular weight excluding hydrogens is 408 g/mol. The summed E-state index contributed by atoms with van der Waals surface area (Å²) in [6.45, 7) is 1.89. The Hall–Kier alpha value is -3.08. The Balaban J connectivity index is 1.41. The van der Waals surface area contributed by atoms with E-state index in [4.69, 9.17) is 4.42 Å². The van der Waals surface area contributed by atoms with Crippen molar-refractivity contribution >= 4 is 15.7 Å². The molecule has 0 N–H and O–H groups in total. The maximum absolute atomic E-state index is 12.9. The minimum absolute atomic E-state index is 0.237. The van der Waals surface area contributed by atoms with Crippen LogP contribution in [0, 0.1) is 10.1 Å². The van der Waals surface area contributed by atoms with Crippen molar-refractivity contribution in [1.29, 1.82) is 0 Å². The predicted molar refractivity (Wildman–Crippen MR) is 109 cm³/mol. The summed E-state index contributed by atoms with van der Waals surface area (Å²) in [4.78, 5) is 16.6. The number of hydrogen-bond acceptors (Lipinski definition) is 7. The van der Waals surface area contributed by atoms with Crippen molar-refractivity contribution in [2.24, 2.45) is 0 Å². The maximum Gasteiger partial charge on any atom is 0.289 e. The van der Waals surface area contributed by atoms with E-state index >= 15 is 0 Å². The minimum atomic E-state index is -3.94. The van der Waals surface area contributed by atoms with Gasteiger partial charge in [0.05, 0.1) is 17.7 Å². The molecule has 0 bridgehead atoms. The quantitative estimate of drug-likeness (QED) is 0.438. The first-order valence-corrected chi connectivity index (χ1v) is 10.9. The predicted octanol–water partition coefficient (Wildman–Crippen LogP) is 2.76. The molecule has 30 heavy (non-hydrogen) atoms. The number of oxazole rings is 1. The highest BCUT2D eigenvalue weighted by atomic mass is 32.2. The lowest BCUT2D eigenvalue weighted by Crippen LogP contribution is -2.48. The van der Waals surface area contributed by atoms with E-state index in [0.717, 1.165) is 5.56 Å². The van der Waals surface area contributed by atoms with E-state index in [1.807, 2.05) is 35.2 Å². The number of rotatable bonds is 6. The molecule has 1 aliphatic rings. The molecular formula is C20H20N4O5S. The highest BCUT2D eigenvalue weighted by Crippen LogP contribution is 2.27. The molecule has 2 heterocycles. The van der Waals surface area contributed by atoms with Crippen molar-refractivity contribution in [1.82, 2.24) is 14.2 Å². The van der Waals surface area contributed by atoms with Crippen LogP contribution in [-0.4, -0.2) is 53.7 Å². The third-order valence-electron chi connectivity index (χ3n) is 4.98. The van der Waals surface area contributed by atoms with E-state index in [0.29, 0.717) is 31.3 Å². The molecule has 3 aromatic rings. The second-order valence-electron chi connectivity index (χ2n) is 6.89. The van der Waals surface area contributed by atoms with Crippen molar-refractivity contribution in [3.63, 3.8) is 0 Å². The van der Waals surface area contributed by atoms with Crippen LogP contribution >= 0.6 is 0 Å². The Bertz CT molecular complexity index is 1140. The lowest BCUT2D eigenvalue weighted by molar-refractivity contribution is -0.387. The average Bonchev–Trinajstić information content (AvgIpc) is 3.23. The normalized spacial score (nSPS) is 15.9. The van der Waals surface area contributed by atoms with Crippen molar-refractivity contribution in [2.75, 3.05) is 26.2 Å². The average molecular weight is 428 g/mol. The largest absolute Gasteiger partial charge is 0.439 e. The number of para-hydroxylation sites is 1. The van der Waals surface area contributed by atoms with Crippen LogP contribution in [-0.2, 0) is 16.6 Å². The molecule has 1 saturated heterocycles. The molecule has 0 unspecified atom stereocenters. The summed E-state index contributed by atoms with van der Waals surface area (Å²) in [5.74, 6) is 1.24. The third kappa shape index (κ3) is 4.11. The fourth-order valence-electron chi connectivity index (χ4n) is 3.40. The van der Waals surface area contributed by atoms with Gasteiger partial charge in [-0.05, 0) is 6.07 Å².